The van der Waals surface area contributed by atoms with Gasteiger partial charge in [-0.1, -0.05) is 30.7 Å². The molecule has 2 rings (SSSR count). The molecule has 0 unspecified atom stereocenters. The molecule has 1 aromatic carbocycles. The first kappa shape index (κ1) is 8.76. The van der Waals surface area contributed by atoms with Crippen molar-refractivity contribution in [1.29, 1.82) is 0 Å². The second-order valence-corrected chi connectivity index (χ2v) is 3.85. The highest BCUT2D eigenvalue weighted by molar-refractivity contribution is 5.34. The molecule has 70 valence electrons. The molecule has 0 amide bonds. The number of benzene rings is 1. The molecular weight excluding hydrogens is 158 g/mol. The zero-order valence-electron chi connectivity index (χ0n) is 8.43. The summed E-state index contributed by atoms with van der Waals surface area (Å²) in [6.07, 6.45) is 2.45. The number of rotatable bonds is 2. The number of aryl methyl sites for hydroxylation is 2. The molecule has 1 N–H and O–H groups in total. The Balaban J connectivity index is 2.33. The predicted molar refractivity (Wildman–Crippen MR) is 55.9 cm³/mol. The van der Waals surface area contributed by atoms with Gasteiger partial charge in [0.1, 0.15) is 0 Å². The summed E-state index contributed by atoms with van der Waals surface area (Å²) in [5.41, 5.74) is 4.40. The van der Waals surface area contributed by atoms with Gasteiger partial charge in [-0.05, 0) is 37.4 Å². The largest absolute Gasteiger partial charge is 0.310 e. The Hall–Kier alpha value is -0.820. The Morgan fingerprint density at radius 3 is 2.77 bits per heavy atom. The van der Waals surface area contributed by atoms with E-state index in [0.717, 1.165) is 6.42 Å². The first-order chi connectivity index (χ1) is 6.31. The van der Waals surface area contributed by atoms with E-state index in [-0.39, 0.29) is 0 Å². The molecule has 0 radical (unpaired) electrons. The van der Waals surface area contributed by atoms with Crippen molar-refractivity contribution in [3.05, 3.63) is 34.9 Å². The van der Waals surface area contributed by atoms with Crippen molar-refractivity contribution in [2.24, 2.45) is 0 Å². The van der Waals surface area contributed by atoms with E-state index in [1.165, 1.54) is 29.7 Å². The summed E-state index contributed by atoms with van der Waals surface area (Å²) in [4.78, 5) is 0. The zero-order chi connectivity index (χ0) is 9.26. The van der Waals surface area contributed by atoms with E-state index in [2.05, 4.69) is 37.4 Å². The van der Waals surface area contributed by atoms with Crippen LogP contribution in [0.5, 0.6) is 0 Å². The Morgan fingerprint density at radius 2 is 2.23 bits per heavy atom. The van der Waals surface area contributed by atoms with Crippen LogP contribution < -0.4 is 5.32 Å². The van der Waals surface area contributed by atoms with Crippen molar-refractivity contribution in [1.82, 2.24) is 5.32 Å². The fraction of sp³-hybridized carbons (Fsp3) is 0.500. The molecule has 0 spiro atoms. The van der Waals surface area contributed by atoms with E-state index in [0.29, 0.717) is 6.04 Å². The van der Waals surface area contributed by atoms with Gasteiger partial charge in [0.2, 0.25) is 0 Å². The molecule has 1 fully saturated rings. The highest BCUT2D eigenvalue weighted by Crippen LogP contribution is 2.27. The molecule has 1 aromatic rings. The van der Waals surface area contributed by atoms with Gasteiger partial charge in [-0.15, -0.1) is 0 Å². The van der Waals surface area contributed by atoms with Crippen molar-refractivity contribution in [3.8, 4) is 0 Å². The van der Waals surface area contributed by atoms with E-state index in [4.69, 9.17) is 0 Å². The molecule has 0 bridgehead atoms. The van der Waals surface area contributed by atoms with E-state index < -0.39 is 0 Å². The molecule has 13 heavy (non-hydrogen) atoms. The quantitative estimate of drug-likeness (QED) is 0.728. The average molecular weight is 175 g/mol. The summed E-state index contributed by atoms with van der Waals surface area (Å²) in [5, 5.41) is 3.46. The fourth-order valence-electron chi connectivity index (χ4n) is 1.91. The summed E-state index contributed by atoms with van der Waals surface area (Å²) < 4.78 is 0. The predicted octanol–water partition coefficient (Wildman–Crippen LogP) is 2.59. The van der Waals surface area contributed by atoms with Gasteiger partial charge in [-0.25, -0.2) is 0 Å². The van der Waals surface area contributed by atoms with Crippen LogP contribution in [0.25, 0.3) is 0 Å². The lowest BCUT2D eigenvalue weighted by Crippen LogP contribution is -2.35. The van der Waals surface area contributed by atoms with Crippen LogP contribution in [-0.4, -0.2) is 6.54 Å². The van der Waals surface area contributed by atoms with Crippen LogP contribution in [0.2, 0.25) is 0 Å². The summed E-state index contributed by atoms with van der Waals surface area (Å²) in [7, 11) is 0. The minimum atomic E-state index is 0.634. The Bertz CT molecular complexity index is 300. The van der Waals surface area contributed by atoms with Gasteiger partial charge in [0, 0.05) is 6.04 Å². The smallest absolute Gasteiger partial charge is 0.0335 e. The number of nitrogens with one attached hydrogen (secondary N) is 1. The van der Waals surface area contributed by atoms with Crippen LogP contribution in [0.4, 0.5) is 0 Å². The number of hydrogen-bond donors (Lipinski definition) is 1. The monoisotopic (exact) mass is 175 g/mol. The van der Waals surface area contributed by atoms with Crippen LogP contribution in [0.1, 0.15) is 36.1 Å². The normalized spacial score (nSPS) is 21.2. The maximum Gasteiger partial charge on any atom is 0.0335 e. The van der Waals surface area contributed by atoms with Gasteiger partial charge in [-0.3, -0.25) is 0 Å². The van der Waals surface area contributed by atoms with E-state index in [1.807, 2.05) is 0 Å². The molecule has 1 atom stereocenters. The Labute approximate surface area is 80.2 Å². The lowest BCUT2D eigenvalue weighted by atomic mass is 9.91. The molecule has 0 aromatic heterocycles. The minimum absolute atomic E-state index is 0.634. The third-order valence-corrected chi connectivity index (χ3v) is 2.88. The van der Waals surface area contributed by atoms with Crippen molar-refractivity contribution < 1.29 is 0 Å². The molecule has 1 heteroatoms. The zero-order valence-corrected chi connectivity index (χ0v) is 8.43. The van der Waals surface area contributed by atoms with E-state index >= 15 is 0 Å². The standard InChI is InChI=1S/C12H17N/c1-3-10-5-4-9(2)8-11(10)12-6-7-13-12/h4-5,8,12-13H,3,6-7H2,1-2H3/t12-/m1/s1. The topological polar surface area (TPSA) is 12.0 Å². The Kier molecular flexibility index (Phi) is 2.36. The summed E-state index contributed by atoms with van der Waals surface area (Å²) in [6, 6.07) is 7.44. The lowest BCUT2D eigenvalue weighted by molar-refractivity contribution is 0.381. The SMILES string of the molecule is CCc1ccc(C)cc1[C@H]1CCN1. The molecule has 0 aliphatic carbocycles. The van der Waals surface area contributed by atoms with Gasteiger partial charge in [0.25, 0.3) is 0 Å². The van der Waals surface area contributed by atoms with Gasteiger partial charge in [-0.2, -0.15) is 0 Å². The van der Waals surface area contributed by atoms with Gasteiger partial charge < -0.3 is 5.32 Å². The molecule has 1 saturated heterocycles. The highest BCUT2D eigenvalue weighted by Gasteiger charge is 2.20. The van der Waals surface area contributed by atoms with Crippen molar-refractivity contribution in [3.63, 3.8) is 0 Å². The Morgan fingerprint density at radius 1 is 1.46 bits per heavy atom. The van der Waals surface area contributed by atoms with Crippen LogP contribution >= 0.6 is 0 Å². The first-order valence-electron chi connectivity index (χ1n) is 5.14. The van der Waals surface area contributed by atoms with E-state index in [9.17, 15) is 0 Å². The lowest BCUT2D eigenvalue weighted by Gasteiger charge is -2.30. The second kappa shape index (κ2) is 3.51. The van der Waals surface area contributed by atoms with Gasteiger partial charge in [0.15, 0.2) is 0 Å². The minimum Gasteiger partial charge on any atom is -0.310 e. The molecular formula is C12H17N. The van der Waals surface area contributed by atoms with Crippen LogP contribution in [0.3, 0.4) is 0 Å². The second-order valence-electron chi connectivity index (χ2n) is 3.85. The molecule has 1 nitrogen and oxygen atoms in total. The highest BCUT2D eigenvalue weighted by atomic mass is 15.0. The summed E-state index contributed by atoms with van der Waals surface area (Å²) >= 11 is 0. The molecule has 1 heterocycles. The van der Waals surface area contributed by atoms with Gasteiger partial charge in [0.05, 0.1) is 0 Å². The maximum atomic E-state index is 3.46. The van der Waals surface area contributed by atoms with Crippen molar-refractivity contribution >= 4 is 0 Å². The van der Waals surface area contributed by atoms with Crippen LogP contribution in [-0.2, 0) is 6.42 Å². The molecule has 0 saturated carbocycles. The van der Waals surface area contributed by atoms with Crippen molar-refractivity contribution in [2.75, 3.05) is 6.54 Å². The van der Waals surface area contributed by atoms with Crippen LogP contribution in [0, 0.1) is 6.92 Å². The average Bonchev–Trinajstić information content (AvgIpc) is 2.02. The van der Waals surface area contributed by atoms with Gasteiger partial charge >= 0.3 is 0 Å². The molecule has 1 aliphatic heterocycles. The number of hydrogen-bond acceptors (Lipinski definition) is 1. The molecule has 1 aliphatic rings. The summed E-state index contributed by atoms with van der Waals surface area (Å²) in [6.45, 7) is 5.58. The van der Waals surface area contributed by atoms with Crippen molar-refractivity contribution in [2.45, 2.75) is 32.7 Å². The third-order valence-electron chi connectivity index (χ3n) is 2.88. The fourth-order valence-corrected chi connectivity index (χ4v) is 1.91. The summed E-state index contributed by atoms with van der Waals surface area (Å²) in [5.74, 6) is 0. The van der Waals surface area contributed by atoms with E-state index in [1.54, 1.807) is 0 Å². The third kappa shape index (κ3) is 1.61. The maximum absolute atomic E-state index is 3.46. The first-order valence-corrected chi connectivity index (χ1v) is 5.14. The van der Waals surface area contributed by atoms with Crippen LogP contribution in [0.15, 0.2) is 18.2 Å².